The minimum atomic E-state index is -0.478. The Balaban J connectivity index is 2.65. The predicted molar refractivity (Wildman–Crippen MR) is 67.0 cm³/mol. The van der Waals surface area contributed by atoms with Crippen LogP contribution in [0.5, 0.6) is 0 Å². The molecule has 0 saturated carbocycles. The number of rotatable bonds is 2. The van der Waals surface area contributed by atoms with Gasteiger partial charge in [-0.25, -0.2) is 4.98 Å². The number of nitrogens with zero attached hydrogens (tertiary/aromatic N) is 1. The molecule has 3 N–H and O–H groups in total. The third kappa shape index (κ3) is 2.20. The van der Waals surface area contributed by atoms with E-state index in [4.69, 9.17) is 10.5 Å². The van der Waals surface area contributed by atoms with Crippen LogP contribution in [0.25, 0.3) is 0 Å². The van der Waals surface area contributed by atoms with Crippen molar-refractivity contribution in [2.24, 2.45) is 5.73 Å². The second kappa shape index (κ2) is 4.94. The SMILES string of the molecule is CC(=O)C1=C(C)OC(N)=C(C#N)C1c1ccc[nH+]c1. The van der Waals surface area contributed by atoms with E-state index in [0.717, 1.165) is 5.56 Å². The van der Waals surface area contributed by atoms with E-state index >= 15 is 0 Å². The minimum absolute atomic E-state index is 0.0545. The molecular weight excluding hydrogens is 242 g/mol. The molecule has 0 saturated heterocycles. The summed E-state index contributed by atoms with van der Waals surface area (Å²) in [7, 11) is 0. The molecule has 0 bridgehead atoms. The summed E-state index contributed by atoms with van der Waals surface area (Å²) in [6.45, 7) is 3.13. The molecule has 2 rings (SSSR count). The number of allylic oxidation sites excluding steroid dienone is 3. The summed E-state index contributed by atoms with van der Waals surface area (Å²) < 4.78 is 5.30. The van der Waals surface area contributed by atoms with Crippen LogP contribution in [-0.2, 0) is 9.53 Å². The van der Waals surface area contributed by atoms with Crippen LogP contribution in [0, 0.1) is 11.3 Å². The summed E-state index contributed by atoms with van der Waals surface area (Å²) in [4.78, 5) is 14.8. The first-order valence-electron chi connectivity index (χ1n) is 5.81. The number of nitriles is 1. The van der Waals surface area contributed by atoms with Gasteiger partial charge in [-0.15, -0.1) is 0 Å². The lowest BCUT2D eigenvalue weighted by Crippen LogP contribution is -2.24. The summed E-state index contributed by atoms with van der Waals surface area (Å²) in [6, 6.07) is 5.69. The van der Waals surface area contributed by atoms with Crippen LogP contribution in [-0.4, -0.2) is 5.78 Å². The van der Waals surface area contributed by atoms with Crippen molar-refractivity contribution in [1.29, 1.82) is 5.26 Å². The molecular formula is C14H14N3O2+. The van der Waals surface area contributed by atoms with Gasteiger partial charge in [0.25, 0.3) is 0 Å². The summed E-state index contributed by atoms with van der Waals surface area (Å²) >= 11 is 0. The van der Waals surface area contributed by atoms with Crippen molar-refractivity contribution in [3.05, 3.63) is 52.9 Å². The zero-order chi connectivity index (χ0) is 14.0. The van der Waals surface area contributed by atoms with Crippen molar-refractivity contribution < 1.29 is 14.5 Å². The molecule has 96 valence electrons. The number of ketones is 1. The van der Waals surface area contributed by atoms with E-state index in [1.54, 1.807) is 19.3 Å². The average molecular weight is 256 g/mol. The van der Waals surface area contributed by atoms with Crippen molar-refractivity contribution in [1.82, 2.24) is 0 Å². The van der Waals surface area contributed by atoms with Crippen LogP contribution in [0.15, 0.2) is 47.3 Å². The molecule has 5 heteroatoms. The lowest BCUT2D eigenvalue weighted by atomic mass is 9.82. The number of Topliss-reactive ketones (excluding diaryl/α,β-unsaturated/α-hetero) is 1. The van der Waals surface area contributed by atoms with Crippen LogP contribution in [0.3, 0.4) is 0 Å². The molecule has 1 aliphatic rings. The lowest BCUT2D eigenvalue weighted by molar-refractivity contribution is -0.378. The predicted octanol–water partition coefficient (Wildman–Crippen LogP) is 1.17. The topological polar surface area (TPSA) is 90.2 Å². The molecule has 0 radical (unpaired) electrons. The molecule has 0 fully saturated rings. The molecule has 1 aromatic rings. The molecule has 5 nitrogen and oxygen atoms in total. The molecule has 1 unspecified atom stereocenters. The highest BCUT2D eigenvalue weighted by Gasteiger charge is 2.34. The lowest BCUT2D eigenvalue weighted by Gasteiger charge is -2.25. The van der Waals surface area contributed by atoms with E-state index in [-0.39, 0.29) is 17.2 Å². The quantitative estimate of drug-likeness (QED) is 0.860. The highest BCUT2D eigenvalue weighted by molar-refractivity contribution is 5.96. The van der Waals surface area contributed by atoms with Gasteiger partial charge in [0.05, 0.1) is 5.92 Å². The number of nitrogens with one attached hydrogen (secondary N) is 1. The Morgan fingerprint density at radius 1 is 1.58 bits per heavy atom. The molecule has 19 heavy (non-hydrogen) atoms. The monoisotopic (exact) mass is 256 g/mol. The van der Waals surface area contributed by atoms with E-state index in [1.807, 2.05) is 18.2 Å². The molecule has 0 aliphatic carbocycles. The van der Waals surface area contributed by atoms with Gasteiger partial charge in [-0.1, -0.05) is 0 Å². The van der Waals surface area contributed by atoms with Crippen LogP contribution in [0.1, 0.15) is 25.3 Å². The summed E-state index contributed by atoms with van der Waals surface area (Å²) in [5, 5.41) is 9.27. The van der Waals surface area contributed by atoms with Crippen LogP contribution >= 0.6 is 0 Å². The molecule has 1 aliphatic heterocycles. The van der Waals surface area contributed by atoms with Gasteiger partial charge in [-0.2, -0.15) is 5.26 Å². The van der Waals surface area contributed by atoms with Crippen molar-refractivity contribution in [3.8, 4) is 6.07 Å². The molecule has 1 atom stereocenters. The summed E-state index contributed by atoms with van der Waals surface area (Å²) in [5.74, 6) is -0.114. The van der Waals surface area contributed by atoms with Crippen molar-refractivity contribution in [2.75, 3.05) is 0 Å². The Morgan fingerprint density at radius 3 is 2.84 bits per heavy atom. The first-order chi connectivity index (χ1) is 9.06. The third-order valence-corrected chi connectivity index (χ3v) is 3.05. The Kier molecular flexibility index (Phi) is 3.34. The molecule has 0 aromatic carbocycles. The zero-order valence-electron chi connectivity index (χ0n) is 10.7. The minimum Gasteiger partial charge on any atom is -0.445 e. The van der Waals surface area contributed by atoms with Crippen molar-refractivity contribution >= 4 is 5.78 Å². The van der Waals surface area contributed by atoms with E-state index in [0.29, 0.717) is 11.3 Å². The summed E-state index contributed by atoms with van der Waals surface area (Å²) in [5.41, 5.74) is 7.27. The van der Waals surface area contributed by atoms with E-state index in [1.165, 1.54) is 6.92 Å². The number of ether oxygens (including phenoxy) is 1. The average Bonchev–Trinajstić information content (AvgIpc) is 2.38. The Hall–Kier alpha value is -2.61. The van der Waals surface area contributed by atoms with Gasteiger partial charge in [-0.3, -0.25) is 4.79 Å². The fraction of sp³-hybridized carbons (Fsp3) is 0.214. The van der Waals surface area contributed by atoms with Gasteiger partial charge in [0.2, 0.25) is 5.88 Å². The van der Waals surface area contributed by atoms with E-state index in [9.17, 15) is 10.1 Å². The van der Waals surface area contributed by atoms with E-state index < -0.39 is 5.92 Å². The summed E-state index contributed by atoms with van der Waals surface area (Å²) in [6.07, 6.45) is 3.50. The highest BCUT2D eigenvalue weighted by atomic mass is 16.5. The Morgan fingerprint density at radius 2 is 2.32 bits per heavy atom. The zero-order valence-corrected chi connectivity index (χ0v) is 10.7. The second-order valence-corrected chi connectivity index (χ2v) is 4.29. The third-order valence-electron chi connectivity index (χ3n) is 3.05. The number of pyridine rings is 1. The van der Waals surface area contributed by atoms with Crippen LogP contribution in [0.2, 0.25) is 0 Å². The number of carbonyl (C=O) groups excluding carboxylic acids is 1. The Bertz CT molecular complexity index is 624. The normalized spacial score (nSPS) is 18.9. The number of nitrogens with two attached hydrogens (primary N) is 1. The number of H-pyrrole nitrogens is 1. The maximum absolute atomic E-state index is 11.8. The Labute approximate surface area is 111 Å². The van der Waals surface area contributed by atoms with Gasteiger partial charge in [0, 0.05) is 17.2 Å². The van der Waals surface area contributed by atoms with Gasteiger partial charge in [-0.05, 0) is 19.9 Å². The smallest absolute Gasteiger partial charge is 0.205 e. The number of hydrogen-bond donors (Lipinski definition) is 1. The fourth-order valence-corrected chi connectivity index (χ4v) is 2.26. The largest absolute Gasteiger partial charge is 0.445 e. The number of aromatic nitrogens is 1. The number of aromatic amines is 1. The maximum atomic E-state index is 11.8. The van der Waals surface area contributed by atoms with E-state index in [2.05, 4.69) is 4.98 Å². The van der Waals surface area contributed by atoms with Crippen molar-refractivity contribution in [2.45, 2.75) is 19.8 Å². The number of hydrogen-bond acceptors (Lipinski definition) is 4. The molecule has 0 spiro atoms. The van der Waals surface area contributed by atoms with Crippen LogP contribution < -0.4 is 10.7 Å². The molecule has 0 amide bonds. The van der Waals surface area contributed by atoms with Gasteiger partial charge < -0.3 is 10.5 Å². The van der Waals surface area contributed by atoms with Gasteiger partial charge >= 0.3 is 0 Å². The molecule has 1 aromatic heterocycles. The first kappa shape index (κ1) is 12.8. The van der Waals surface area contributed by atoms with Gasteiger partial charge in [0.1, 0.15) is 17.4 Å². The maximum Gasteiger partial charge on any atom is 0.205 e. The van der Waals surface area contributed by atoms with Crippen LogP contribution in [0.4, 0.5) is 0 Å². The fourth-order valence-electron chi connectivity index (χ4n) is 2.26. The second-order valence-electron chi connectivity index (χ2n) is 4.29. The van der Waals surface area contributed by atoms with Crippen molar-refractivity contribution in [3.63, 3.8) is 0 Å². The van der Waals surface area contributed by atoms with Gasteiger partial charge in [0.15, 0.2) is 18.2 Å². The first-order valence-corrected chi connectivity index (χ1v) is 5.81. The highest BCUT2D eigenvalue weighted by Crippen LogP contribution is 2.38. The standard InChI is InChI=1S/C14H13N3O2/c1-8(18)12-9(2)19-14(16)11(6-15)13(12)10-4-3-5-17-7-10/h3-5,7,13H,16H2,1-2H3/p+1. The number of carbonyl (C=O) groups is 1. The molecule has 2 heterocycles.